The molecule has 2 nitrogen and oxygen atoms in total. The van der Waals surface area contributed by atoms with Crippen LogP contribution >= 0.6 is 22.6 Å². The lowest BCUT2D eigenvalue weighted by Crippen LogP contribution is -1.85. The minimum atomic E-state index is 1.09. The van der Waals surface area contributed by atoms with Crippen molar-refractivity contribution in [3.8, 4) is 0 Å². The van der Waals surface area contributed by atoms with Gasteiger partial charge in [-0.25, -0.2) is 0 Å². The zero-order valence-electron chi connectivity index (χ0n) is 6.08. The van der Waals surface area contributed by atoms with E-state index in [-0.39, 0.29) is 0 Å². The van der Waals surface area contributed by atoms with Crippen LogP contribution in [-0.4, -0.2) is 9.78 Å². The summed E-state index contributed by atoms with van der Waals surface area (Å²) in [6.45, 7) is 0. The van der Waals surface area contributed by atoms with E-state index < -0.39 is 0 Å². The van der Waals surface area contributed by atoms with Crippen molar-refractivity contribution in [2.45, 2.75) is 0 Å². The Balaban J connectivity index is 2.90. The molecule has 0 atom stereocenters. The highest BCUT2D eigenvalue weighted by Crippen LogP contribution is 2.17. The lowest BCUT2D eigenvalue weighted by Gasteiger charge is -1.88. The van der Waals surface area contributed by atoms with Crippen LogP contribution in [0, 0.1) is 3.57 Å². The molecular formula is C8H7IN2. The van der Waals surface area contributed by atoms with Crippen LogP contribution in [0.15, 0.2) is 24.4 Å². The number of rotatable bonds is 0. The summed E-state index contributed by atoms with van der Waals surface area (Å²) < 4.78 is 3.05. The Morgan fingerprint density at radius 1 is 1.45 bits per heavy atom. The van der Waals surface area contributed by atoms with Crippen molar-refractivity contribution >= 4 is 33.5 Å². The number of halogens is 1. The van der Waals surface area contributed by atoms with Crippen LogP contribution in [0.2, 0.25) is 0 Å². The first-order valence-corrected chi connectivity index (χ1v) is 4.43. The van der Waals surface area contributed by atoms with Crippen LogP contribution in [0.5, 0.6) is 0 Å². The Bertz CT molecular complexity index is 392. The van der Waals surface area contributed by atoms with E-state index in [4.69, 9.17) is 0 Å². The molecule has 1 heterocycles. The van der Waals surface area contributed by atoms with Crippen LogP contribution in [0.3, 0.4) is 0 Å². The Morgan fingerprint density at radius 2 is 2.27 bits per heavy atom. The SMILES string of the molecule is Cn1cc2cccc(I)c2n1. The van der Waals surface area contributed by atoms with Crippen molar-refractivity contribution in [2.24, 2.45) is 7.05 Å². The molecular weight excluding hydrogens is 251 g/mol. The molecule has 3 heteroatoms. The number of aromatic nitrogens is 2. The molecule has 0 bridgehead atoms. The largest absolute Gasteiger partial charge is 0.275 e. The van der Waals surface area contributed by atoms with Gasteiger partial charge in [0.1, 0.15) is 5.52 Å². The number of benzene rings is 1. The monoisotopic (exact) mass is 258 g/mol. The summed E-state index contributed by atoms with van der Waals surface area (Å²) in [5, 5.41) is 5.53. The third-order valence-corrected chi connectivity index (χ3v) is 2.47. The van der Waals surface area contributed by atoms with Crippen LogP contribution in [0.1, 0.15) is 0 Å². The van der Waals surface area contributed by atoms with E-state index in [1.54, 1.807) is 0 Å². The van der Waals surface area contributed by atoms with E-state index in [1.165, 1.54) is 8.96 Å². The predicted molar refractivity (Wildman–Crippen MR) is 53.4 cm³/mol. The molecule has 2 aromatic rings. The lowest BCUT2D eigenvalue weighted by atomic mass is 10.3. The molecule has 0 saturated heterocycles. The number of hydrogen-bond acceptors (Lipinski definition) is 1. The van der Waals surface area contributed by atoms with E-state index >= 15 is 0 Å². The van der Waals surface area contributed by atoms with E-state index in [0.717, 1.165) is 5.52 Å². The molecule has 0 spiro atoms. The molecule has 0 unspecified atom stereocenters. The quantitative estimate of drug-likeness (QED) is 0.662. The first-order chi connectivity index (χ1) is 5.27. The van der Waals surface area contributed by atoms with E-state index in [1.807, 2.05) is 24.0 Å². The number of aryl methyl sites for hydroxylation is 1. The third-order valence-electron chi connectivity index (χ3n) is 1.60. The van der Waals surface area contributed by atoms with Crippen molar-refractivity contribution in [3.05, 3.63) is 28.0 Å². The van der Waals surface area contributed by atoms with Crippen LogP contribution in [0.4, 0.5) is 0 Å². The van der Waals surface area contributed by atoms with Gasteiger partial charge in [-0.15, -0.1) is 0 Å². The fourth-order valence-electron chi connectivity index (χ4n) is 1.13. The summed E-state index contributed by atoms with van der Waals surface area (Å²) in [5.74, 6) is 0. The molecule has 0 saturated carbocycles. The molecule has 11 heavy (non-hydrogen) atoms. The maximum absolute atomic E-state index is 4.32. The lowest BCUT2D eigenvalue weighted by molar-refractivity contribution is 0.779. The van der Waals surface area contributed by atoms with Crippen molar-refractivity contribution in [2.75, 3.05) is 0 Å². The van der Waals surface area contributed by atoms with Crippen LogP contribution in [0.25, 0.3) is 10.9 Å². The van der Waals surface area contributed by atoms with Gasteiger partial charge >= 0.3 is 0 Å². The molecule has 0 aliphatic heterocycles. The maximum atomic E-state index is 4.32. The topological polar surface area (TPSA) is 17.8 Å². The van der Waals surface area contributed by atoms with E-state index in [9.17, 15) is 0 Å². The average molecular weight is 258 g/mol. The Kier molecular flexibility index (Phi) is 1.60. The maximum Gasteiger partial charge on any atom is 0.106 e. The molecule has 1 aromatic heterocycles. The molecule has 0 aliphatic carbocycles. The van der Waals surface area contributed by atoms with Crippen molar-refractivity contribution in [1.82, 2.24) is 9.78 Å². The van der Waals surface area contributed by atoms with Crippen molar-refractivity contribution in [1.29, 1.82) is 0 Å². The number of nitrogens with zero attached hydrogens (tertiary/aromatic N) is 2. The van der Waals surface area contributed by atoms with Crippen molar-refractivity contribution in [3.63, 3.8) is 0 Å². The summed E-state index contributed by atoms with van der Waals surface area (Å²) in [6.07, 6.45) is 2.03. The molecule has 2 rings (SSSR count). The standard InChI is InChI=1S/C8H7IN2/c1-11-5-6-3-2-4-7(9)8(6)10-11/h2-5H,1H3. The average Bonchev–Trinajstić information content (AvgIpc) is 2.31. The Hall–Kier alpha value is -0.580. The first-order valence-electron chi connectivity index (χ1n) is 3.35. The molecule has 56 valence electrons. The van der Waals surface area contributed by atoms with Gasteiger partial charge in [-0.05, 0) is 28.7 Å². The van der Waals surface area contributed by atoms with Gasteiger partial charge in [0.25, 0.3) is 0 Å². The van der Waals surface area contributed by atoms with Gasteiger partial charge in [-0.1, -0.05) is 12.1 Å². The summed E-state index contributed by atoms with van der Waals surface area (Å²) >= 11 is 2.30. The minimum absolute atomic E-state index is 1.09. The van der Waals surface area contributed by atoms with Gasteiger partial charge in [0.15, 0.2) is 0 Å². The van der Waals surface area contributed by atoms with E-state index in [2.05, 4.69) is 39.8 Å². The minimum Gasteiger partial charge on any atom is -0.275 e. The summed E-state index contributed by atoms with van der Waals surface area (Å²) in [4.78, 5) is 0. The second-order valence-electron chi connectivity index (χ2n) is 2.48. The zero-order valence-corrected chi connectivity index (χ0v) is 8.24. The van der Waals surface area contributed by atoms with Gasteiger partial charge in [-0.3, -0.25) is 4.68 Å². The van der Waals surface area contributed by atoms with Gasteiger partial charge in [0.2, 0.25) is 0 Å². The molecule has 0 amide bonds. The van der Waals surface area contributed by atoms with Gasteiger partial charge in [0, 0.05) is 22.2 Å². The normalized spacial score (nSPS) is 10.7. The highest BCUT2D eigenvalue weighted by atomic mass is 127. The smallest absolute Gasteiger partial charge is 0.106 e. The van der Waals surface area contributed by atoms with Crippen LogP contribution < -0.4 is 0 Å². The molecule has 0 fully saturated rings. The highest BCUT2D eigenvalue weighted by Gasteiger charge is 1.99. The fourth-order valence-corrected chi connectivity index (χ4v) is 1.76. The Labute approximate surface area is 78.3 Å². The van der Waals surface area contributed by atoms with E-state index in [0.29, 0.717) is 0 Å². The zero-order chi connectivity index (χ0) is 7.84. The van der Waals surface area contributed by atoms with Gasteiger partial charge in [-0.2, -0.15) is 5.10 Å². The second kappa shape index (κ2) is 2.48. The highest BCUT2D eigenvalue weighted by molar-refractivity contribution is 14.1. The van der Waals surface area contributed by atoms with Crippen LogP contribution in [-0.2, 0) is 7.05 Å². The van der Waals surface area contributed by atoms with Gasteiger partial charge < -0.3 is 0 Å². The summed E-state index contributed by atoms with van der Waals surface area (Å²) in [6, 6.07) is 6.19. The number of hydrogen-bond donors (Lipinski definition) is 0. The predicted octanol–water partition coefficient (Wildman–Crippen LogP) is 2.18. The third kappa shape index (κ3) is 1.13. The molecule has 0 N–H and O–H groups in total. The van der Waals surface area contributed by atoms with Gasteiger partial charge in [0.05, 0.1) is 0 Å². The first kappa shape index (κ1) is 7.09. The summed E-state index contributed by atoms with van der Waals surface area (Å²) in [7, 11) is 1.94. The van der Waals surface area contributed by atoms with Crippen molar-refractivity contribution < 1.29 is 0 Å². The second-order valence-corrected chi connectivity index (χ2v) is 3.64. The molecule has 0 aliphatic rings. The number of fused-ring (bicyclic) bond motifs is 1. The molecule has 1 aromatic carbocycles. The molecule has 0 radical (unpaired) electrons. The Morgan fingerprint density at radius 3 is 3.00 bits per heavy atom. The fraction of sp³-hybridized carbons (Fsp3) is 0.125. The summed E-state index contributed by atoms with van der Waals surface area (Å²) in [5.41, 5.74) is 1.09.